The second kappa shape index (κ2) is 9.06. The number of hydrogen-bond acceptors (Lipinski definition) is 5. The summed E-state index contributed by atoms with van der Waals surface area (Å²) >= 11 is 1.29. The molecule has 0 spiro atoms. The maximum absolute atomic E-state index is 12.5. The van der Waals surface area contributed by atoms with E-state index in [1.807, 2.05) is 73.0 Å². The minimum atomic E-state index is -0.128. The molecule has 2 N–H and O–H groups in total. The van der Waals surface area contributed by atoms with E-state index < -0.39 is 0 Å². The molecule has 4 aromatic rings. The number of rotatable bonds is 6. The first-order chi connectivity index (χ1) is 15.0. The van der Waals surface area contributed by atoms with Crippen LogP contribution in [0.15, 0.2) is 78.0 Å². The zero-order chi connectivity index (χ0) is 21.8. The summed E-state index contributed by atoms with van der Waals surface area (Å²) in [6, 6.07) is 22.6. The average Bonchev–Trinajstić information content (AvgIpc) is 3.18. The van der Waals surface area contributed by atoms with E-state index in [9.17, 15) is 9.90 Å². The second-order valence-corrected chi connectivity index (χ2v) is 8.14. The SMILES string of the molecule is Cc1ccc(NC(=O)CSc2nnc(-c3ccccc3O)n2-c2ccc(C)cc2)cc1. The molecule has 0 unspecified atom stereocenters. The number of thioether (sulfide) groups is 1. The molecule has 0 aliphatic carbocycles. The summed E-state index contributed by atoms with van der Waals surface area (Å²) in [5.41, 5.74) is 4.45. The molecular weight excluding hydrogens is 408 g/mol. The Bertz CT molecular complexity index is 1200. The van der Waals surface area contributed by atoms with Crippen LogP contribution in [0, 0.1) is 13.8 Å². The van der Waals surface area contributed by atoms with Gasteiger partial charge in [0.05, 0.1) is 11.3 Å². The van der Waals surface area contributed by atoms with Crippen molar-refractivity contribution < 1.29 is 9.90 Å². The van der Waals surface area contributed by atoms with Crippen molar-refractivity contribution >= 4 is 23.4 Å². The average molecular weight is 431 g/mol. The Morgan fingerprint density at radius 3 is 2.26 bits per heavy atom. The van der Waals surface area contributed by atoms with Gasteiger partial charge in [-0.2, -0.15) is 0 Å². The van der Waals surface area contributed by atoms with Crippen LogP contribution >= 0.6 is 11.8 Å². The summed E-state index contributed by atoms with van der Waals surface area (Å²) in [5.74, 6) is 0.690. The van der Waals surface area contributed by atoms with Crippen molar-refractivity contribution in [2.45, 2.75) is 19.0 Å². The molecule has 0 aliphatic rings. The lowest BCUT2D eigenvalue weighted by Crippen LogP contribution is -2.14. The normalized spacial score (nSPS) is 10.8. The number of aromatic hydroxyl groups is 1. The third-order valence-corrected chi connectivity index (χ3v) is 5.67. The Morgan fingerprint density at radius 2 is 1.58 bits per heavy atom. The zero-order valence-corrected chi connectivity index (χ0v) is 18.1. The number of phenolic OH excluding ortho intramolecular Hbond substituents is 1. The molecule has 0 bridgehead atoms. The first-order valence-corrected chi connectivity index (χ1v) is 10.8. The number of carbonyl (C=O) groups is 1. The maximum Gasteiger partial charge on any atom is 0.234 e. The number of nitrogens with one attached hydrogen (secondary N) is 1. The third kappa shape index (κ3) is 4.78. The van der Waals surface area contributed by atoms with Crippen molar-refractivity contribution in [2.75, 3.05) is 11.1 Å². The van der Waals surface area contributed by atoms with Crippen LogP contribution in [0.1, 0.15) is 11.1 Å². The van der Waals surface area contributed by atoms with Gasteiger partial charge in [-0.3, -0.25) is 9.36 Å². The highest BCUT2D eigenvalue weighted by Crippen LogP contribution is 2.32. The van der Waals surface area contributed by atoms with Crippen LogP contribution in [-0.4, -0.2) is 31.5 Å². The van der Waals surface area contributed by atoms with Crippen LogP contribution in [0.25, 0.3) is 17.1 Å². The first kappa shape index (κ1) is 20.7. The van der Waals surface area contributed by atoms with Gasteiger partial charge in [-0.1, -0.05) is 59.3 Å². The smallest absolute Gasteiger partial charge is 0.234 e. The van der Waals surface area contributed by atoms with Gasteiger partial charge in [0.2, 0.25) is 5.91 Å². The largest absolute Gasteiger partial charge is 0.507 e. The fourth-order valence-electron chi connectivity index (χ4n) is 3.09. The summed E-state index contributed by atoms with van der Waals surface area (Å²) in [5, 5.41) is 22.4. The molecule has 1 heterocycles. The van der Waals surface area contributed by atoms with Gasteiger partial charge in [0.25, 0.3) is 0 Å². The standard InChI is InChI=1S/C24H22N4O2S/c1-16-7-11-18(12-8-16)25-22(30)15-31-24-27-26-23(20-5-3-4-6-21(20)29)28(24)19-13-9-17(2)10-14-19/h3-14,29H,15H2,1-2H3,(H,25,30). The predicted molar refractivity (Wildman–Crippen MR) is 124 cm³/mol. The van der Waals surface area contributed by atoms with Crippen LogP contribution < -0.4 is 5.32 Å². The van der Waals surface area contributed by atoms with Gasteiger partial charge in [-0.15, -0.1) is 10.2 Å². The highest BCUT2D eigenvalue weighted by molar-refractivity contribution is 7.99. The van der Waals surface area contributed by atoms with Gasteiger partial charge in [0.1, 0.15) is 5.75 Å². The van der Waals surface area contributed by atoms with Crippen molar-refractivity contribution in [2.24, 2.45) is 0 Å². The summed E-state index contributed by atoms with van der Waals surface area (Å²) < 4.78 is 1.86. The molecule has 3 aromatic carbocycles. The highest BCUT2D eigenvalue weighted by atomic mass is 32.2. The van der Waals surface area contributed by atoms with E-state index in [-0.39, 0.29) is 17.4 Å². The van der Waals surface area contributed by atoms with Crippen LogP contribution in [0.5, 0.6) is 5.75 Å². The molecule has 1 amide bonds. The highest BCUT2D eigenvalue weighted by Gasteiger charge is 2.19. The number of phenols is 1. The first-order valence-electron chi connectivity index (χ1n) is 9.81. The van der Waals surface area contributed by atoms with Crippen molar-refractivity contribution in [3.05, 3.63) is 83.9 Å². The molecule has 0 saturated carbocycles. The molecule has 7 heteroatoms. The van der Waals surface area contributed by atoms with E-state index in [0.29, 0.717) is 16.5 Å². The summed E-state index contributed by atoms with van der Waals surface area (Å²) in [6.45, 7) is 4.02. The molecule has 0 atom stereocenters. The molecule has 156 valence electrons. The summed E-state index contributed by atoms with van der Waals surface area (Å²) in [4.78, 5) is 12.5. The lowest BCUT2D eigenvalue weighted by molar-refractivity contribution is -0.113. The Kier molecular flexibility index (Phi) is 6.04. The van der Waals surface area contributed by atoms with Crippen molar-refractivity contribution in [1.29, 1.82) is 0 Å². The quantitative estimate of drug-likeness (QED) is 0.421. The van der Waals surface area contributed by atoms with Crippen LogP contribution in [-0.2, 0) is 4.79 Å². The number of benzene rings is 3. The van der Waals surface area contributed by atoms with E-state index >= 15 is 0 Å². The minimum Gasteiger partial charge on any atom is -0.507 e. The van der Waals surface area contributed by atoms with Gasteiger partial charge in [0.15, 0.2) is 11.0 Å². The van der Waals surface area contributed by atoms with E-state index in [1.165, 1.54) is 11.8 Å². The number of aryl methyl sites for hydroxylation is 2. The number of nitrogens with zero attached hydrogens (tertiary/aromatic N) is 3. The number of carbonyl (C=O) groups excluding carboxylic acids is 1. The zero-order valence-electron chi connectivity index (χ0n) is 17.2. The summed E-state index contributed by atoms with van der Waals surface area (Å²) in [7, 11) is 0. The lowest BCUT2D eigenvalue weighted by atomic mass is 10.1. The third-order valence-electron chi connectivity index (χ3n) is 4.74. The molecule has 0 fully saturated rings. The van der Waals surface area contributed by atoms with E-state index in [2.05, 4.69) is 15.5 Å². The molecule has 0 aliphatic heterocycles. The van der Waals surface area contributed by atoms with Crippen LogP contribution in [0.4, 0.5) is 5.69 Å². The topological polar surface area (TPSA) is 80.0 Å². The molecule has 4 rings (SSSR count). The predicted octanol–water partition coefficient (Wildman–Crippen LogP) is 4.99. The fourth-order valence-corrected chi connectivity index (χ4v) is 3.84. The van der Waals surface area contributed by atoms with Crippen molar-refractivity contribution in [3.63, 3.8) is 0 Å². The Balaban J connectivity index is 1.61. The van der Waals surface area contributed by atoms with Crippen molar-refractivity contribution in [1.82, 2.24) is 14.8 Å². The second-order valence-electron chi connectivity index (χ2n) is 7.20. The molecule has 1 aromatic heterocycles. The number of para-hydroxylation sites is 1. The molecule has 0 saturated heterocycles. The lowest BCUT2D eigenvalue weighted by Gasteiger charge is -2.11. The van der Waals surface area contributed by atoms with Gasteiger partial charge in [-0.05, 0) is 50.2 Å². The molecular formula is C24H22N4O2S. The number of aromatic nitrogens is 3. The maximum atomic E-state index is 12.5. The monoisotopic (exact) mass is 430 g/mol. The molecule has 6 nitrogen and oxygen atoms in total. The molecule has 31 heavy (non-hydrogen) atoms. The van der Waals surface area contributed by atoms with Gasteiger partial charge in [-0.25, -0.2) is 0 Å². The van der Waals surface area contributed by atoms with Crippen LogP contribution in [0.2, 0.25) is 0 Å². The molecule has 0 radical (unpaired) electrons. The van der Waals surface area contributed by atoms with Crippen LogP contribution in [0.3, 0.4) is 0 Å². The van der Waals surface area contributed by atoms with Gasteiger partial charge < -0.3 is 10.4 Å². The van der Waals surface area contributed by atoms with E-state index in [1.54, 1.807) is 18.2 Å². The Morgan fingerprint density at radius 1 is 0.935 bits per heavy atom. The van der Waals surface area contributed by atoms with Crippen molar-refractivity contribution in [3.8, 4) is 22.8 Å². The fraction of sp³-hybridized carbons (Fsp3) is 0.125. The number of hydrogen-bond donors (Lipinski definition) is 2. The number of anilines is 1. The number of amides is 1. The van der Waals surface area contributed by atoms with Gasteiger partial charge >= 0.3 is 0 Å². The summed E-state index contributed by atoms with van der Waals surface area (Å²) in [6.07, 6.45) is 0. The van der Waals surface area contributed by atoms with E-state index in [0.717, 1.165) is 22.5 Å². The Hall–Kier alpha value is -3.58. The Labute approximate surface area is 185 Å². The van der Waals surface area contributed by atoms with Gasteiger partial charge in [0, 0.05) is 11.4 Å². The van der Waals surface area contributed by atoms with E-state index in [4.69, 9.17) is 0 Å². The minimum absolute atomic E-state index is 0.122.